The number of allylic oxidation sites excluding steroid dienone is 1. The van der Waals surface area contributed by atoms with Gasteiger partial charge in [0.15, 0.2) is 23.4 Å². The molecule has 63 heavy (non-hydrogen) atoms. The smallest absolute Gasteiger partial charge is 0.414 e. The van der Waals surface area contributed by atoms with Gasteiger partial charge >= 0.3 is 12.2 Å². The topological polar surface area (TPSA) is 265 Å². The number of aromatic nitrogens is 2. The molecule has 23 heteroatoms. The van der Waals surface area contributed by atoms with E-state index in [2.05, 4.69) is 32.1 Å². The highest BCUT2D eigenvalue weighted by molar-refractivity contribution is 6.10. The molecule has 18 nitrogen and oxygen atoms in total. The van der Waals surface area contributed by atoms with Crippen LogP contribution in [0.25, 0.3) is 11.3 Å². The van der Waals surface area contributed by atoms with Gasteiger partial charge in [-0.05, 0) is 44.1 Å². The number of Topliss-reactive ketones (excluding diaryl/α,β-unsaturated/α-hetero) is 1. The molecular weight excluding hydrogens is 858 g/mol. The number of carbonyl (C=O) groups is 5. The number of guanidine groups is 1. The van der Waals surface area contributed by atoms with E-state index in [1.165, 1.54) is 20.0 Å². The number of ether oxygens (including phenoxy) is 2. The van der Waals surface area contributed by atoms with Gasteiger partial charge in [0.05, 0.1) is 48.8 Å². The number of hydrogen-bond donors (Lipinski definition) is 6. The summed E-state index contributed by atoms with van der Waals surface area (Å²) < 4.78 is 71.0. The Morgan fingerprint density at radius 1 is 0.841 bits per heavy atom. The third-order valence-corrected chi connectivity index (χ3v) is 9.87. The summed E-state index contributed by atoms with van der Waals surface area (Å²) in [6, 6.07) is 1.84. The summed E-state index contributed by atoms with van der Waals surface area (Å²) in [5.41, 5.74) is 15.4. The maximum absolute atomic E-state index is 15.4. The maximum atomic E-state index is 15.4. The van der Waals surface area contributed by atoms with Crippen molar-refractivity contribution in [3.63, 3.8) is 0 Å². The third kappa shape index (κ3) is 11.6. The van der Waals surface area contributed by atoms with Crippen LogP contribution in [0.1, 0.15) is 60.2 Å². The zero-order chi connectivity index (χ0) is 45.6. The molecule has 2 aromatic carbocycles. The molecule has 2 atom stereocenters. The summed E-state index contributed by atoms with van der Waals surface area (Å²) in [7, 11) is 3.50. The molecule has 0 spiro atoms. The first kappa shape index (κ1) is 49.0. The minimum atomic E-state index is -0.869. The zero-order valence-electron chi connectivity index (χ0n) is 34.8. The van der Waals surface area contributed by atoms with E-state index in [1.54, 1.807) is 25.2 Å². The Bertz CT molecular complexity index is 2330. The Labute approximate surface area is 365 Å². The molecule has 0 unspecified atom stereocenters. The van der Waals surface area contributed by atoms with Gasteiger partial charge < -0.3 is 42.2 Å². The molecule has 0 bridgehead atoms. The van der Waals surface area contributed by atoms with Crippen molar-refractivity contribution in [3.8, 4) is 11.3 Å². The van der Waals surface area contributed by atoms with Crippen LogP contribution in [-0.4, -0.2) is 103 Å². The van der Waals surface area contributed by atoms with Gasteiger partial charge in [0.1, 0.15) is 23.8 Å². The average molecular weight is 906 g/mol. The number of hydrogen-bond acceptors (Lipinski definition) is 12. The molecule has 0 saturated carbocycles. The van der Waals surface area contributed by atoms with E-state index < -0.39 is 53.4 Å². The molecule has 3 heterocycles. The zero-order valence-corrected chi connectivity index (χ0v) is 35.6. The number of rotatable bonds is 7. The lowest BCUT2D eigenvalue weighted by Gasteiger charge is -2.19. The SMILES string of the molecule is CC(=O)NC[C@H]1CN(c2cc(F)c3c(c2F)CCC/C(=C\N(C)C)C3=O)C(=O)O1.CC(=O)NC[C@H]1CN(c2cc(F)c3c(c2F)CCCc2cnc(N)nc2-3)C(=O)O1.Cl.N=C(N)N. The monoisotopic (exact) mass is 905 g/mol. The Hall–Kier alpha value is -6.71. The van der Waals surface area contributed by atoms with E-state index in [0.29, 0.717) is 36.8 Å². The number of carbonyl (C=O) groups excluding carboxylic acids is 5. The fraction of sp³-hybridized carbons (Fsp3) is 0.400. The molecule has 2 fully saturated rings. The van der Waals surface area contributed by atoms with E-state index in [4.69, 9.17) is 20.6 Å². The van der Waals surface area contributed by atoms with Gasteiger partial charge in [-0.1, -0.05) is 0 Å². The molecule has 9 N–H and O–H groups in total. The lowest BCUT2D eigenvalue weighted by molar-refractivity contribution is -0.120. The molecule has 2 aliphatic carbocycles. The van der Waals surface area contributed by atoms with Crippen molar-refractivity contribution in [2.24, 2.45) is 11.5 Å². The van der Waals surface area contributed by atoms with Crippen LogP contribution in [0, 0.1) is 28.7 Å². The number of halogens is 5. The van der Waals surface area contributed by atoms with E-state index in [-0.39, 0.29) is 114 Å². The van der Waals surface area contributed by atoms with Gasteiger partial charge in [-0.25, -0.2) is 37.1 Å². The third-order valence-electron chi connectivity index (χ3n) is 9.87. The number of anilines is 3. The van der Waals surface area contributed by atoms with E-state index in [0.717, 1.165) is 21.9 Å². The van der Waals surface area contributed by atoms with Crippen molar-refractivity contribution in [3.05, 3.63) is 75.6 Å². The van der Waals surface area contributed by atoms with Crippen molar-refractivity contribution < 1.29 is 51.0 Å². The van der Waals surface area contributed by atoms with Crippen LogP contribution < -0.4 is 37.6 Å². The second kappa shape index (κ2) is 20.9. The number of fused-ring (bicyclic) bond motifs is 4. The molecule has 7 rings (SSSR count). The Balaban J connectivity index is 0.000000251. The number of amides is 4. The molecule has 340 valence electrons. The minimum absolute atomic E-state index is 0. The van der Waals surface area contributed by atoms with Crippen LogP contribution in [0.2, 0.25) is 0 Å². The van der Waals surface area contributed by atoms with Crippen LogP contribution in [-0.2, 0) is 38.3 Å². The number of aryl methyl sites for hydroxylation is 1. The highest BCUT2D eigenvalue weighted by atomic mass is 35.5. The van der Waals surface area contributed by atoms with E-state index >= 15 is 13.2 Å². The molecule has 4 amide bonds. The normalized spacial score (nSPS) is 18.0. The van der Waals surface area contributed by atoms with Gasteiger partial charge in [-0.2, -0.15) is 0 Å². The second-order valence-corrected chi connectivity index (χ2v) is 14.9. The van der Waals surface area contributed by atoms with Crippen LogP contribution in [0.3, 0.4) is 0 Å². The number of cyclic esters (lactones) is 2. The number of nitrogens with one attached hydrogen (secondary N) is 3. The summed E-state index contributed by atoms with van der Waals surface area (Å²) in [4.78, 5) is 71.1. The number of nitrogens with zero attached hydrogens (tertiary/aromatic N) is 5. The Morgan fingerprint density at radius 2 is 1.30 bits per heavy atom. The predicted octanol–water partition coefficient (Wildman–Crippen LogP) is 3.60. The highest BCUT2D eigenvalue weighted by Crippen LogP contribution is 2.40. The van der Waals surface area contributed by atoms with Gasteiger partial charge in [-0.15, -0.1) is 12.4 Å². The molecule has 0 radical (unpaired) electrons. The second-order valence-electron chi connectivity index (χ2n) is 14.9. The number of benzene rings is 2. The molecule has 2 saturated heterocycles. The minimum Gasteiger partial charge on any atom is -0.442 e. The average Bonchev–Trinajstić information content (AvgIpc) is 3.62. The molecule has 4 aliphatic rings. The van der Waals surface area contributed by atoms with Crippen molar-refractivity contribution >= 4 is 65.5 Å². The molecular formula is C40H48ClF4N11O7. The fourth-order valence-electron chi connectivity index (χ4n) is 7.30. The summed E-state index contributed by atoms with van der Waals surface area (Å²) in [5.74, 6) is -4.52. The maximum Gasteiger partial charge on any atom is 0.414 e. The molecule has 1 aromatic heterocycles. The largest absolute Gasteiger partial charge is 0.442 e. The lowest BCUT2D eigenvalue weighted by atomic mass is 9.97. The van der Waals surface area contributed by atoms with Crippen molar-refractivity contribution in [1.29, 1.82) is 5.41 Å². The number of ketones is 1. The van der Waals surface area contributed by atoms with Gasteiger partial charge in [0, 0.05) is 74.7 Å². The summed E-state index contributed by atoms with van der Waals surface area (Å²) in [5, 5.41) is 11.1. The van der Waals surface area contributed by atoms with Crippen LogP contribution >= 0.6 is 12.4 Å². The molecule has 2 aliphatic heterocycles. The summed E-state index contributed by atoms with van der Waals surface area (Å²) in [6.45, 7) is 2.80. The Kier molecular flexibility index (Phi) is 16.2. The highest BCUT2D eigenvalue weighted by Gasteiger charge is 2.38. The lowest BCUT2D eigenvalue weighted by Crippen LogP contribution is -2.33. The van der Waals surface area contributed by atoms with Crippen molar-refractivity contribution in [2.45, 2.75) is 64.6 Å². The first-order chi connectivity index (χ1) is 29.3. The first-order valence-corrected chi connectivity index (χ1v) is 19.4. The van der Waals surface area contributed by atoms with Crippen molar-refractivity contribution in [1.82, 2.24) is 25.5 Å². The van der Waals surface area contributed by atoms with Crippen LogP contribution in [0.15, 0.2) is 30.1 Å². The van der Waals surface area contributed by atoms with Crippen LogP contribution in [0.5, 0.6) is 0 Å². The predicted molar refractivity (Wildman–Crippen MR) is 225 cm³/mol. The van der Waals surface area contributed by atoms with Gasteiger partial charge in [0.2, 0.25) is 17.8 Å². The standard InChI is InChI=1S/C20H23F2N3O4.C19H19F2N5O3.CH5N3.ClH/c1-11(26)23-8-13-10-25(20(28)29-13)16-7-15(21)17-14(18(16)22)6-4-5-12(19(17)27)9-24(2)3;1-9(27)23-7-11-8-26(19(28)29-11)14-5-13(20)15-12(16(14)21)4-2-3-10-6-24-18(22)25-17(10)15;2-1(3)4;/h7,9,13H,4-6,8,10H2,1-3H3,(H,23,26);5-6,11H,2-4,7-8H2,1H3,(H,23,27)(H2,22,24,25);(H5,2,3,4);1H/b12-9+;;;/t13-;11-;;/m00../s1. The van der Waals surface area contributed by atoms with Gasteiger partial charge in [-0.3, -0.25) is 29.6 Å². The van der Waals surface area contributed by atoms with Crippen LogP contribution in [0.4, 0.5) is 44.5 Å². The Morgan fingerprint density at radius 3 is 1.78 bits per heavy atom. The first-order valence-electron chi connectivity index (χ1n) is 19.4. The van der Waals surface area contributed by atoms with Crippen molar-refractivity contribution in [2.75, 3.05) is 55.8 Å². The summed E-state index contributed by atoms with van der Waals surface area (Å²) >= 11 is 0. The quantitative estimate of drug-likeness (QED) is 0.0652. The summed E-state index contributed by atoms with van der Waals surface area (Å²) in [6.07, 6.45) is 2.68. The number of nitrogen functional groups attached to an aromatic ring is 1. The van der Waals surface area contributed by atoms with E-state index in [1.807, 2.05) is 0 Å². The number of nitrogens with two attached hydrogens (primary N) is 3. The van der Waals surface area contributed by atoms with Gasteiger partial charge in [0.25, 0.3) is 0 Å². The van der Waals surface area contributed by atoms with E-state index in [9.17, 15) is 28.4 Å². The fourth-order valence-corrected chi connectivity index (χ4v) is 7.30. The molecule has 3 aromatic rings.